The largest absolute Gasteiger partial charge is 0.480 e. The molecule has 128 valence electrons. The second-order valence-corrected chi connectivity index (χ2v) is 5.74. The number of carboxylic acid groups (broad SMARTS) is 1. The van der Waals surface area contributed by atoms with E-state index < -0.39 is 36.1 Å². The molecular formula is C16H20F3NO3. The molecule has 1 N–H and O–H groups in total. The lowest BCUT2D eigenvalue weighted by atomic mass is 9.95. The Labute approximate surface area is 132 Å². The highest BCUT2D eigenvalue weighted by atomic mass is 19.4. The van der Waals surface area contributed by atoms with Crippen molar-refractivity contribution in [3.63, 3.8) is 0 Å². The molecule has 0 aliphatic heterocycles. The summed E-state index contributed by atoms with van der Waals surface area (Å²) in [6.45, 7) is 4.60. The summed E-state index contributed by atoms with van der Waals surface area (Å²) in [5.41, 5.74) is -0.368. The van der Waals surface area contributed by atoms with Gasteiger partial charge < -0.3 is 10.0 Å². The summed E-state index contributed by atoms with van der Waals surface area (Å²) in [4.78, 5) is 24.2. The van der Waals surface area contributed by atoms with Gasteiger partial charge in [-0.3, -0.25) is 9.59 Å². The van der Waals surface area contributed by atoms with Gasteiger partial charge in [-0.2, -0.15) is 13.2 Å². The van der Waals surface area contributed by atoms with Crippen LogP contribution in [0.4, 0.5) is 13.2 Å². The highest BCUT2D eigenvalue weighted by molar-refractivity contribution is 5.82. The van der Waals surface area contributed by atoms with Crippen molar-refractivity contribution in [2.75, 3.05) is 6.54 Å². The van der Waals surface area contributed by atoms with Gasteiger partial charge in [-0.15, -0.1) is 0 Å². The van der Waals surface area contributed by atoms with E-state index in [1.807, 2.05) is 0 Å². The molecule has 0 radical (unpaired) electrons. The Hall–Kier alpha value is -2.05. The minimum Gasteiger partial charge on any atom is -0.480 e. The summed E-state index contributed by atoms with van der Waals surface area (Å²) in [5.74, 6) is -1.97. The number of rotatable bonds is 6. The van der Waals surface area contributed by atoms with E-state index in [2.05, 4.69) is 0 Å². The zero-order valence-electron chi connectivity index (χ0n) is 13.2. The fourth-order valence-corrected chi connectivity index (χ4v) is 2.22. The highest BCUT2D eigenvalue weighted by Crippen LogP contribution is 2.31. The van der Waals surface area contributed by atoms with Crippen LogP contribution >= 0.6 is 0 Å². The molecule has 0 aliphatic carbocycles. The van der Waals surface area contributed by atoms with E-state index in [-0.39, 0.29) is 12.5 Å². The van der Waals surface area contributed by atoms with Crippen molar-refractivity contribution < 1.29 is 27.9 Å². The minimum atomic E-state index is -4.44. The molecule has 0 bridgehead atoms. The molecular weight excluding hydrogens is 311 g/mol. The molecule has 0 fully saturated rings. The van der Waals surface area contributed by atoms with Gasteiger partial charge in [0.1, 0.15) is 6.54 Å². The Kier molecular flexibility index (Phi) is 6.18. The number of benzene rings is 1. The zero-order valence-corrected chi connectivity index (χ0v) is 13.2. The number of hydrogen-bond acceptors (Lipinski definition) is 2. The van der Waals surface area contributed by atoms with Gasteiger partial charge in [-0.05, 0) is 31.4 Å². The van der Waals surface area contributed by atoms with E-state index in [0.29, 0.717) is 5.56 Å². The van der Waals surface area contributed by atoms with Gasteiger partial charge >= 0.3 is 12.1 Å². The van der Waals surface area contributed by atoms with Crippen LogP contribution in [0.5, 0.6) is 0 Å². The van der Waals surface area contributed by atoms with Gasteiger partial charge in [-0.25, -0.2) is 0 Å². The van der Waals surface area contributed by atoms with Gasteiger partial charge in [-0.1, -0.05) is 25.1 Å². The third-order valence-corrected chi connectivity index (χ3v) is 3.51. The van der Waals surface area contributed by atoms with Gasteiger partial charge in [0.2, 0.25) is 5.91 Å². The fourth-order valence-electron chi connectivity index (χ4n) is 2.22. The summed E-state index contributed by atoms with van der Waals surface area (Å²) in [6, 6.07) is 4.53. The second-order valence-electron chi connectivity index (χ2n) is 5.74. The monoisotopic (exact) mass is 331 g/mol. The molecule has 0 spiro atoms. The van der Waals surface area contributed by atoms with Crippen LogP contribution in [-0.2, 0) is 15.8 Å². The predicted octanol–water partition coefficient (Wildman–Crippen LogP) is 3.52. The lowest BCUT2D eigenvalue weighted by molar-refractivity contribution is -0.145. The van der Waals surface area contributed by atoms with E-state index in [0.717, 1.165) is 12.1 Å². The van der Waals surface area contributed by atoms with Gasteiger partial charge in [0.05, 0.1) is 5.56 Å². The van der Waals surface area contributed by atoms with Gasteiger partial charge in [0.25, 0.3) is 0 Å². The van der Waals surface area contributed by atoms with Crippen molar-refractivity contribution in [2.24, 2.45) is 0 Å². The molecule has 1 aromatic carbocycles. The van der Waals surface area contributed by atoms with Crippen molar-refractivity contribution in [3.05, 3.63) is 35.4 Å². The number of carbonyl (C=O) groups excluding carboxylic acids is 1. The van der Waals surface area contributed by atoms with Crippen molar-refractivity contribution in [1.29, 1.82) is 0 Å². The average Bonchev–Trinajstić information content (AvgIpc) is 2.43. The molecule has 0 heterocycles. The van der Waals surface area contributed by atoms with Crippen LogP contribution in [0.25, 0.3) is 0 Å². The van der Waals surface area contributed by atoms with Crippen LogP contribution in [0.2, 0.25) is 0 Å². The first-order valence-electron chi connectivity index (χ1n) is 7.20. The predicted molar refractivity (Wildman–Crippen MR) is 79.0 cm³/mol. The summed E-state index contributed by atoms with van der Waals surface area (Å²) >= 11 is 0. The highest BCUT2D eigenvalue weighted by Gasteiger charge is 2.31. The molecule has 7 heteroatoms. The number of alkyl halides is 3. The number of carbonyl (C=O) groups is 2. The van der Waals surface area contributed by atoms with Crippen LogP contribution < -0.4 is 0 Å². The standard InChI is InChI=1S/C16H20F3NO3/c1-10(2)20(9-15(22)23)14(21)7-11(3)12-5-4-6-13(8-12)16(17,18)19/h4-6,8,10-11H,7,9H2,1-3H3,(H,22,23). The van der Waals surface area contributed by atoms with Crippen LogP contribution in [-0.4, -0.2) is 34.5 Å². The topological polar surface area (TPSA) is 57.6 Å². The molecule has 23 heavy (non-hydrogen) atoms. The van der Waals surface area contributed by atoms with Crippen LogP contribution in [0.1, 0.15) is 44.2 Å². The normalized spacial score (nSPS) is 13.0. The molecule has 4 nitrogen and oxygen atoms in total. The SMILES string of the molecule is CC(CC(=O)N(CC(=O)O)C(C)C)c1cccc(C(F)(F)F)c1. The maximum absolute atomic E-state index is 12.7. The van der Waals surface area contributed by atoms with E-state index in [4.69, 9.17) is 5.11 Å². The smallest absolute Gasteiger partial charge is 0.416 e. The molecule has 0 saturated carbocycles. The number of nitrogens with zero attached hydrogens (tertiary/aromatic N) is 1. The average molecular weight is 331 g/mol. The minimum absolute atomic E-state index is 0.0488. The number of carboxylic acids is 1. The third-order valence-electron chi connectivity index (χ3n) is 3.51. The van der Waals surface area contributed by atoms with Crippen LogP contribution in [0.15, 0.2) is 24.3 Å². The summed E-state index contributed by atoms with van der Waals surface area (Å²) in [5, 5.41) is 8.84. The lowest BCUT2D eigenvalue weighted by Crippen LogP contribution is -2.41. The second kappa shape index (κ2) is 7.48. The molecule has 0 aliphatic rings. The van der Waals surface area contributed by atoms with Crippen molar-refractivity contribution in [1.82, 2.24) is 4.90 Å². The Balaban J connectivity index is 2.88. The van der Waals surface area contributed by atoms with Crippen molar-refractivity contribution in [2.45, 2.75) is 45.3 Å². The maximum Gasteiger partial charge on any atom is 0.416 e. The summed E-state index contributed by atoms with van der Waals surface area (Å²) < 4.78 is 38.2. The van der Waals surface area contributed by atoms with Crippen molar-refractivity contribution in [3.8, 4) is 0 Å². The van der Waals surface area contributed by atoms with E-state index >= 15 is 0 Å². The number of amides is 1. The molecule has 1 aromatic rings. The quantitative estimate of drug-likeness (QED) is 0.868. The number of hydrogen-bond donors (Lipinski definition) is 1. The molecule has 1 atom stereocenters. The first kappa shape index (κ1) is 19.0. The Morgan fingerprint density at radius 2 is 1.83 bits per heavy atom. The first-order chi connectivity index (χ1) is 10.5. The molecule has 1 rings (SSSR count). The summed E-state index contributed by atoms with van der Waals surface area (Å²) in [7, 11) is 0. The van der Waals surface area contributed by atoms with Gasteiger partial charge in [0.15, 0.2) is 0 Å². The zero-order chi connectivity index (χ0) is 17.8. The van der Waals surface area contributed by atoms with E-state index in [1.54, 1.807) is 20.8 Å². The lowest BCUT2D eigenvalue weighted by Gasteiger charge is -2.26. The Bertz CT molecular complexity index is 570. The van der Waals surface area contributed by atoms with E-state index in [1.165, 1.54) is 17.0 Å². The molecule has 1 amide bonds. The molecule has 0 aromatic heterocycles. The number of halogens is 3. The van der Waals surface area contributed by atoms with Crippen LogP contribution in [0, 0.1) is 0 Å². The molecule has 0 saturated heterocycles. The number of aliphatic carboxylic acids is 1. The van der Waals surface area contributed by atoms with Crippen molar-refractivity contribution >= 4 is 11.9 Å². The third kappa shape index (κ3) is 5.58. The Morgan fingerprint density at radius 3 is 2.30 bits per heavy atom. The maximum atomic E-state index is 12.7. The summed E-state index contributed by atoms with van der Waals surface area (Å²) in [6.07, 6.45) is -4.49. The van der Waals surface area contributed by atoms with Gasteiger partial charge in [0, 0.05) is 12.5 Å². The first-order valence-corrected chi connectivity index (χ1v) is 7.20. The fraction of sp³-hybridized carbons (Fsp3) is 0.500. The Morgan fingerprint density at radius 1 is 1.22 bits per heavy atom. The van der Waals surface area contributed by atoms with Crippen LogP contribution in [0.3, 0.4) is 0 Å². The van der Waals surface area contributed by atoms with E-state index in [9.17, 15) is 22.8 Å². The molecule has 1 unspecified atom stereocenters.